The molecule has 3 aromatic rings. The molecular formula is C20H19FN4O3S. The minimum absolute atomic E-state index is 0.0614. The lowest BCUT2D eigenvalue weighted by atomic mass is 10.2. The molecule has 0 spiro atoms. The van der Waals surface area contributed by atoms with Gasteiger partial charge in [0.15, 0.2) is 6.61 Å². The smallest absolute Gasteiger partial charge is 0.262 e. The van der Waals surface area contributed by atoms with Gasteiger partial charge < -0.3 is 10.1 Å². The molecule has 0 saturated heterocycles. The van der Waals surface area contributed by atoms with Crippen molar-refractivity contribution in [2.24, 2.45) is 0 Å². The number of aromatic nitrogens is 2. The summed E-state index contributed by atoms with van der Waals surface area (Å²) < 4.78 is 19.1. The van der Waals surface area contributed by atoms with Gasteiger partial charge in [0, 0.05) is 6.42 Å². The molecule has 29 heavy (non-hydrogen) atoms. The second kappa shape index (κ2) is 9.74. The van der Waals surface area contributed by atoms with Gasteiger partial charge in [-0.1, -0.05) is 42.5 Å². The van der Waals surface area contributed by atoms with E-state index in [1.54, 1.807) is 30.3 Å². The molecule has 0 radical (unpaired) electrons. The molecule has 0 fully saturated rings. The third-order valence-electron chi connectivity index (χ3n) is 3.79. The molecule has 0 atom stereocenters. The van der Waals surface area contributed by atoms with E-state index in [1.807, 2.05) is 6.92 Å². The fraction of sp³-hybridized carbons (Fsp3) is 0.200. The molecule has 1 aromatic heterocycles. The van der Waals surface area contributed by atoms with Crippen LogP contribution >= 0.6 is 11.3 Å². The number of benzene rings is 2. The number of anilines is 2. The first-order valence-electron chi connectivity index (χ1n) is 8.96. The van der Waals surface area contributed by atoms with Crippen LogP contribution < -0.4 is 15.4 Å². The Morgan fingerprint density at radius 3 is 2.62 bits per heavy atom. The number of carbonyl (C=O) groups excluding carboxylic acids is 2. The standard InChI is InChI=1S/C20H19FN4O3S/c1-2-7-18-24-25-20(29-18)23-19(27)13-8-3-6-11-16(13)28-12-17(26)22-15-10-5-4-9-14(15)21/h3-6,8-11H,2,7,12H2,1H3,(H,22,26)(H,23,25,27). The van der Waals surface area contributed by atoms with Gasteiger partial charge in [-0.05, 0) is 30.7 Å². The lowest BCUT2D eigenvalue weighted by Crippen LogP contribution is -2.22. The van der Waals surface area contributed by atoms with Gasteiger partial charge in [-0.25, -0.2) is 4.39 Å². The first-order valence-corrected chi connectivity index (χ1v) is 9.78. The van der Waals surface area contributed by atoms with E-state index in [-0.39, 0.29) is 23.6 Å². The van der Waals surface area contributed by atoms with E-state index in [9.17, 15) is 14.0 Å². The van der Waals surface area contributed by atoms with Gasteiger partial charge >= 0.3 is 0 Å². The van der Waals surface area contributed by atoms with Gasteiger partial charge in [0.05, 0.1) is 11.3 Å². The summed E-state index contributed by atoms with van der Waals surface area (Å²) in [5.41, 5.74) is 0.310. The van der Waals surface area contributed by atoms with Crippen LogP contribution in [-0.2, 0) is 11.2 Å². The Morgan fingerprint density at radius 2 is 1.83 bits per heavy atom. The zero-order valence-corrected chi connectivity index (χ0v) is 16.5. The van der Waals surface area contributed by atoms with Crippen LogP contribution in [0.1, 0.15) is 28.7 Å². The number of rotatable bonds is 8. The van der Waals surface area contributed by atoms with Crippen molar-refractivity contribution < 1.29 is 18.7 Å². The van der Waals surface area contributed by atoms with Gasteiger partial charge in [0.2, 0.25) is 5.13 Å². The SMILES string of the molecule is CCCc1nnc(NC(=O)c2ccccc2OCC(=O)Nc2ccccc2F)s1. The first kappa shape index (κ1) is 20.4. The Bertz CT molecular complexity index is 1010. The van der Waals surface area contributed by atoms with Crippen molar-refractivity contribution in [2.45, 2.75) is 19.8 Å². The van der Waals surface area contributed by atoms with E-state index in [4.69, 9.17) is 4.74 Å². The average molecular weight is 414 g/mol. The van der Waals surface area contributed by atoms with Crippen molar-refractivity contribution in [3.05, 3.63) is 64.9 Å². The normalized spacial score (nSPS) is 10.4. The molecule has 2 amide bonds. The number of aryl methyl sites for hydroxylation is 1. The highest BCUT2D eigenvalue weighted by molar-refractivity contribution is 7.15. The number of hydrogen-bond donors (Lipinski definition) is 2. The summed E-state index contributed by atoms with van der Waals surface area (Å²) in [5.74, 6) is -1.28. The largest absolute Gasteiger partial charge is 0.483 e. The maximum absolute atomic E-state index is 13.6. The molecular weight excluding hydrogens is 395 g/mol. The third kappa shape index (κ3) is 5.58. The highest BCUT2D eigenvalue weighted by Crippen LogP contribution is 2.22. The third-order valence-corrected chi connectivity index (χ3v) is 4.69. The predicted octanol–water partition coefficient (Wildman–Crippen LogP) is 3.90. The maximum atomic E-state index is 13.6. The quantitative estimate of drug-likeness (QED) is 0.583. The fourth-order valence-electron chi connectivity index (χ4n) is 2.46. The molecule has 0 saturated carbocycles. The molecule has 0 aliphatic carbocycles. The number of ether oxygens (including phenoxy) is 1. The molecule has 2 aromatic carbocycles. The summed E-state index contributed by atoms with van der Waals surface area (Å²) in [5, 5.41) is 14.3. The summed E-state index contributed by atoms with van der Waals surface area (Å²) in [7, 11) is 0. The summed E-state index contributed by atoms with van der Waals surface area (Å²) in [6, 6.07) is 12.4. The highest BCUT2D eigenvalue weighted by Gasteiger charge is 2.16. The number of carbonyl (C=O) groups is 2. The number of halogens is 1. The van der Waals surface area contributed by atoms with Crippen molar-refractivity contribution in [1.82, 2.24) is 10.2 Å². The van der Waals surface area contributed by atoms with Crippen LogP contribution in [0.15, 0.2) is 48.5 Å². The molecule has 9 heteroatoms. The maximum Gasteiger partial charge on any atom is 0.262 e. The van der Waals surface area contributed by atoms with Gasteiger partial charge in [0.1, 0.15) is 16.6 Å². The second-order valence-electron chi connectivity index (χ2n) is 6.02. The predicted molar refractivity (Wildman–Crippen MR) is 109 cm³/mol. The summed E-state index contributed by atoms with van der Waals surface area (Å²) in [6.45, 7) is 1.66. The van der Waals surface area contributed by atoms with Crippen LogP contribution in [0.2, 0.25) is 0 Å². The van der Waals surface area contributed by atoms with Crippen LogP contribution in [0.3, 0.4) is 0 Å². The molecule has 0 unspecified atom stereocenters. The molecule has 1 heterocycles. The molecule has 0 bridgehead atoms. The van der Waals surface area contributed by atoms with E-state index >= 15 is 0 Å². The molecule has 150 valence electrons. The zero-order valence-electron chi connectivity index (χ0n) is 15.6. The summed E-state index contributed by atoms with van der Waals surface area (Å²) in [4.78, 5) is 24.6. The monoisotopic (exact) mass is 414 g/mol. The lowest BCUT2D eigenvalue weighted by molar-refractivity contribution is -0.118. The van der Waals surface area contributed by atoms with E-state index in [2.05, 4.69) is 20.8 Å². The van der Waals surface area contributed by atoms with E-state index < -0.39 is 17.6 Å². The number of para-hydroxylation sites is 2. The number of hydrogen-bond acceptors (Lipinski definition) is 6. The number of amides is 2. The van der Waals surface area contributed by atoms with Crippen LogP contribution in [-0.4, -0.2) is 28.6 Å². The van der Waals surface area contributed by atoms with Crippen molar-refractivity contribution in [3.8, 4) is 5.75 Å². The van der Waals surface area contributed by atoms with Gasteiger partial charge in [0.25, 0.3) is 11.8 Å². The molecule has 3 rings (SSSR count). The van der Waals surface area contributed by atoms with Crippen LogP contribution in [0.5, 0.6) is 5.75 Å². The fourth-order valence-corrected chi connectivity index (χ4v) is 3.29. The number of nitrogens with one attached hydrogen (secondary N) is 2. The molecule has 0 aliphatic rings. The Labute approximate surface area is 170 Å². The van der Waals surface area contributed by atoms with Gasteiger partial charge in [-0.2, -0.15) is 0 Å². The van der Waals surface area contributed by atoms with Crippen molar-refractivity contribution in [1.29, 1.82) is 0 Å². The van der Waals surface area contributed by atoms with Crippen molar-refractivity contribution in [2.75, 3.05) is 17.2 Å². The molecule has 0 aliphatic heterocycles. The van der Waals surface area contributed by atoms with Crippen LogP contribution in [0, 0.1) is 5.82 Å². The van der Waals surface area contributed by atoms with Crippen LogP contribution in [0.25, 0.3) is 0 Å². The number of nitrogens with zero attached hydrogens (tertiary/aromatic N) is 2. The highest BCUT2D eigenvalue weighted by atomic mass is 32.1. The van der Waals surface area contributed by atoms with Gasteiger partial charge in [-0.3, -0.25) is 14.9 Å². The van der Waals surface area contributed by atoms with Crippen molar-refractivity contribution >= 4 is 34.0 Å². The minimum Gasteiger partial charge on any atom is -0.483 e. The van der Waals surface area contributed by atoms with E-state index in [0.29, 0.717) is 5.13 Å². The van der Waals surface area contributed by atoms with Crippen molar-refractivity contribution in [3.63, 3.8) is 0 Å². The first-order chi connectivity index (χ1) is 14.1. The van der Waals surface area contributed by atoms with Gasteiger partial charge in [-0.15, -0.1) is 10.2 Å². The second-order valence-corrected chi connectivity index (χ2v) is 7.08. The molecule has 2 N–H and O–H groups in total. The van der Waals surface area contributed by atoms with E-state index in [0.717, 1.165) is 17.8 Å². The Morgan fingerprint density at radius 1 is 1.07 bits per heavy atom. The Kier molecular flexibility index (Phi) is 6.85. The van der Waals surface area contributed by atoms with Crippen LogP contribution in [0.4, 0.5) is 15.2 Å². The Hall–Kier alpha value is -3.33. The summed E-state index contributed by atoms with van der Waals surface area (Å²) >= 11 is 1.31. The van der Waals surface area contributed by atoms with E-state index in [1.165, 1.54) is 29.5 Å². The lowest BCUT2D eigenvalue weighted by Gasteiger charge is -2.11. The Balaban J connectivity index is 1.62. The average Bonchev–Trinajstić information content (AvgIpc) is 3.15. The zero-order chi connectivity index (χ0) is 20.6. The summed E-state index contributed by atoms with van der Waals surface area (Å²) in [6.07, 6.45) is 1.73. The topological polar surface area (TPSA) is 93.2 Å². The minimum atomic E-state index is -0.543. The molecule has 7 nitrogen and oxygen atoms in total.